The Bertz CT molecular complexity index is 1070. The molecule has 0 fully saturated rings. The number of carboxylic acids is 1. The van der Waals surface area contributed by atoms with Crippen molar-refractivity contribution in [1.29, 1.82) is 0 Å². The lowest BCUT2D eigenvalue weighted by atomic mass is 10.00. The van der Waals surface area contributed by atoms with Gasteiger partial charge in [-0.3, -0.25) is 14.6 Å². The number of rotatable bonds is 12. The molecule has 0 aliphatic carbocycles. The summed E-state index contributed by atoms with van der Waals surface area (Å²) < 4.78 is 0. The molecular weight excluding hydrogens is 490 g/mol. The van der Waals surface area contributed by atoms with E-state index in [0.29, 0.717) is 23.4 Å². The van der Waals surface area contributed by atoms with Crippen LogP contribution >= 0.6 is 12.6 Å². The first-order valence-electron chi connectivity index (χ1n) is 12.1. The number of allylic oxidation sites excluding steroid dienone is 3. The average Bonchev–Trinajstić information content (AvgIpc) is 3.03. The van der Waals surface area contributed by atoms with E-state index in [9.17, 15) is 19.5 Å². The maximum absolute atomic E-state index is 13.0. The summed E-state index contributed by atoms with van der Waals surface area (Å²) in [4.78, 5) is 45.8. The number of carboxylic acid groups (broad SMARTS) is 1. The van der Waals surface area contributed by atoms with Crippen LogP contribution in [0, 0.1) is 5.92 Å². The molecule has 3 unspecified atom stereocenters. The summed E-state index contributed by atoms with van der Waals surface area (Å²) >= 11 is 4.15. The van der Waals surface area contributed by atoms with Gasteiger partial charge in [-0.05, 0) is 18.4 Å². The fourth-order valence-electron chi connectivity index (χ4n) is 4.06. The maximum atomic E-state index is 13.0. The number of carbonyl (C=O) groups excluding carboxylic acids is 2. The van der Waals surface area contributed by atoms with Crippen LogP contribution in [-0.2, 0) is 14.4 Å². The number of nitrogens with two attached hydrogens (primary N) is 1. The van der Waals surface area contributed by atoms with Crippen LogP contribution in [0.1, 0.15) is 25.8 Å². The summed E-state index contributed by atoms with van der Waals surface area (Å²) in [6, 6.07) is 7.60. The normalized spacial score (nSPS) is 17.4. The highest BCUT2D eigenvalue weighted by molar-refractivity contribution is 7.80. The molecular formula is C27H37N5O4S. The van der Waals surface area contributed by atoms with Crippen LogP contribution < -0.4 is 11.1 Å². The second-order valence-electron chi connectivity index (χ2n) is 9.24. The minimum atomic E-state index is -1.09. The van der Waals surface area contributed by atoms with Crippen LogP contribution in [0.5, 0.6) is 0 Å². The van der Waals surface area contributed by atoms with Crippen LogP contribution in [0.3, 0.4) is 0 Å². The molecule has 0 radical (unpaired) electrons. The van der Waals surface area contributed by atoms with Gasteiger partial charge in [0.05, 0.1) is 24.8 Å². The molecule has 0 saturated heterocycles. The smallest absolute Gasteiger partial charge is 0.326 e. The van der Waals surface area contributed by atoms with Gasteiger partial charge in [-0.2, -0.15) is 12.6 Å². The second-order valence-corrected chi connectivity index (χ2v) is 9.60. The van der Waals surface area contributed by atoms with E-state index < -0.39 is 30.1 Å². The molecule has 1 aromatic carbocycles. The quantitative estimate of drug-likeness (QED) is 0.308. The van der Waals surface area contributed by atoms with Crippen LogP contribution in [0.2, 0.25) is 0 Å². The first-order chi connectivity index (χ1) is 17.5. The van der Waals surface area contributed by atoms with E-state index in [1.807, 2.05) is 44.2 Å². The zero-order valence-corrected chi connectivity index (χ0v) is 22.5. The van der Waals surface area contributed by atoms with Gasteiger partial charge in [0, 0.05) is 29.6 Å². The Balaban J connectivity index is 2.54. The van der Waals surface area contributed by atoms with E-state index in [1.54, 1.807) is 24.1 Å². The van der Waals surface area contributed by atoms with Crippen LogP contribution in [0.4, 0.5) is 0 Å². The minimum Gasteiger partial charge on any atom is -0.480 e. The Hall–Kier alpha value is -3.37. The van der Waals surface area contributed by atoms with Crippen molar-refractivity contribution in [3.8, 4) is 0 Å². The van der Waals surface area contributed by atoms with Gasteiger partial charge in [-0.15, -0.1) is 0 Å². The number of aliphatic imine (C=N–C) groups is 1. The third kappa shape index (κ3) is 7.80. The van der Waals surface area contributed by atoms with Crippen LogP contribution in [0.25, 0.3) is 0 Å². The number of thiol groups is 1. The first-order valence-corrected chi connectivity index (χ1v) is 12.7. The molecule has 0 spiro atoms. The lowest BCUT2D eigenvalue weighted by Gasteiger charge is -2.32. The Morgan fingerprint density at radius 1 is 1.27 bits per heavy atom. The molecule has 9 nitrogen and oxygen atoms in total. The third-order valence-corrected chi connectivity index (χ3v) is 6.36. The van der Waals surface area contributed by atoms with Gasteiger partial charge >= 0.3 is 5.97 Å². The molecule has 0 aromatic heterocycles. The summed E-state index contributed by atoms with van der Waals surface area (Å²) in [5, 5.41) is 12.2. The maximum Gasteiger partial charge on any atom is 0.326 e. The zero-order valence-electron chi connectivity index (χ0n) is 21.6. The van der Waals surface area contributed by atoms with Crippen molar-refractivity contribution < 1.29 is 19.5 Å². The minimum absolute atomic E-state index is 0.0810. The van der Waals surface area contributed by atoms with E-state index in [4.69, 9.17) is 10.7 Å². The fraction of sp³-hybridized carbons (Fsp3) is 0.407. The Morgan fingerprint density at radius 3 is 2.43 bits per heavy atom. The predicted octanol–water partition coefficient (Wildman–Crippen LogP) is 2.07. The second kappa shape index (κ2) is 13.8. The standard InChI is InChI=1S/C27H37N5O4S/c1-6-19-22(7-2)32(15-24(33)29-21(27(35)36)13-17(3)4)14-23(31(5)26(34)20(28)16-37)30-25(19)18-11-9-8-10-12-18/h6-12,17,20-21,23,37H,1-2,13-16,28H2,3-5H3,(H,29,33)(H,35,36). The number of hydrogen-bond donors (Lipinski definition) is 4. The van der Waals surface area contributed by atoms with Gasteiger partial charge in [-0.25, -0.2) is 4.79 Å². The zero-order chi connectivity index (χ0) is 27.7. The van der Waals surface area contributed by atoms with Crippen molar-refractivity contribution in [2.45, 2.75) is 38.5 Å². The summed E-state index contributed by atoms with van der Waals surface area (Å²) in [5.41, 5.74) is 8.57. The molecule has 2 amide bonds. The number of nitrogens with one attached hydrogen (secondary N) is 1. The third-order valence-electron chi connectivity index (χ3n) is 5.96. The van der Waals surface area contributed by atoms with E-state index in [0.717, 1.165) is 5.56 Å². The van der Waals surface area contributed by atoms with Crippen molar-refractivity contribution in [3.63, 3.8) is 0 Å². The number of aliphatic carboxylic acids is 1. The summed E-state index contributed by atoms with van der Waals surface area (Å²) in [7, 11) is 1.61. The lowest BCUT2D eigenvalue weighted by Crippen LogP contribution is -2.51. The Kier molecular flexibility index (Phi) is 11.1. The number of likely N-dealkylation sites (N-methyl/N-ethyl adjacent to an activating group) is 1. The van der Waals surface area contributed by atoms with E-state index >= 15 is 0 Å². The molecule has 1 aliphatic heterocycles. The molecule has 1 heterocycles. The summed E-state index contributed by atoms with van der Waals surface area (Å²) in [6.07, 6.45) is 2.83. The highest BCUT2D eigenvalue weighted by Gasteiger charge is 2.32. The lowest BCUT2D eigenvalue weighted by molar-refractivity contribution is -0.142. The van der Waals surface area contributed by atoms with Crippen LogP contribution in [0.15, 0.2) is 71.9 Å². The molecule has 4 N–H and O–H groups in total. The number of amides is 2. The molecule has 3 atom stereocenters. The number of benzene rings is 1. The highest BCUT2D eigenvalue weighted by atomic mass is 32.1. The predicted molar refractivity (Wildman–Crippen MR) is 149 cm³/mol. The van der Waals surface area contributed by atoms with E-state index in [1.165, 1.54) is 4.90 Å². The molecule has 200 valence electrons. The van der Waals surface area contributed by atoms with Crippen molar-refractivity contribution in [2.75, 3.05) is 25.9 Å². The summed E-state index contributed by atoms with van der Waals surface area (Å²) in [6.45, 7) is 11.7. The molecule has 2 rings (SSSR count). The molecule has 1 aliphatic rings. The topological polar surface area (TPSA) is 128 Å². The molecule has 0 saturated carbocycles. The average molecular weight is 528 g/mol. The van der Waals surface area contributed by atoms with Crippen LogP contribution in [-0.4, -0.2) is 82.5 Å². The summed E-state index contributed by atoms with van der Waals surface area (Å²) in [5.74, 6) is -1.66. The first kappa shape index (κ1) is 29.9. The van der Waals surface area contributed by atoms with Gasteiger partial charge in [0.2, 0.25) is 11.8 Å². The Morgan fingerprint density at radius 2 is 1.92 bits per heavy atom. The van der Waals surface area contributed by atoms with Gasteiger partial charge in [0.1, 0.15) is 12.2 Å². The van der Waals surface area contributed by atoms with Crippen molar-refractivity contribution in [1.82, 2.24) is 15.1 Å². The van der Waals surface area contributed by atoms with E-state index in [-0.39, 0.29) is 30.7 Å². The highest BCUT2D eigenvalue weighted by Crippen LogP contribution is 2.25. The monoisotopic (exact) mass is 527 g/mol. The Labute approximate surface area is 224 Å². The van der Waals surface area contributed by atoms with Crippen molar-refractivity contribution in [2.24, 2.45) is 16.6 Å². The SMILES string of the molecule is C=CC1=C(C=C)N(CC(=O)NC(CC(C)C)C(=O)O)CC(N(C)C(=O)C(N)CS)N=C1c1ccccc1. The van der Waals surface area contributed by atoms with E-state index in [2.05, 4.69) is 31.1 Å². The molecule has 0 bridgehead atoms. The van der Waals surface area contributed by atoms with Gasteiger partial charge in [0.25, 0.3) is 0 Å². The molecule has 37 heavy (non-hydrogen) atoms. The number of hydrogen-bond acceptors (Lipinski definition) is 7. The van der Waals surface area contributed by atoms with Crippen molar-refractivity contribution in [3.05, 3.63) is 72.5 Å². The largest absolute Gasteiger partial charge is 0.480 e. The molecule has 1 aromatic rings. The number of carbonyl (C=O) groups is 3. The van der Waals surface area contributed by atoms with Gasteiger partial charge < -0.3 is 26.0 Å². The fourth-order valence-corrected chi connectivity index (χ4v) is 4.22. The van der Waals surface area contributed by atoms with Gasteiger partial charge in [0.15, 0.2) is 0 Å². The van der Waals surface area contributed by atoms with Crippen molar-refractivity contribution >= 4 is 36.1 Å². The van der Waals surface area contributed by atoms with Gasteiger partial charge in [-0.1, -0.05) is 63.4 Å². The molecule has 10 heteroatoms. The number of nitrogens with zero attached hydrogens (tertiary/aromatic N) is 3.